The third-order valence-electron chi connectivity index (χ3n) is 2.67. The van der Waals surface area contributed by atoms with Crippen molar-refractivity contribution in [3.05, 3.63) is 35.4 Å². The molecule has 0 heterocycles. The van der Waals surface area contributed by atoms with Gasteiger partial charge in [0, 0.05) is 18.2 Å². The maximum absolute atomic E-state index is 11.8. The number of rotatable bonds is 5. The molecule has 2 amide bonds. The Bertz CT molecular complexity index is 539. The molecule has 0 saturated carbocycles. The molecule has 0 aliphatic carbocycles. The summed E-state index contributed by atoms with van der Waals surface area (Å²) in [5, 5.41) is 22.9. The van der Waals surface area contributed by atoms with Crippen molar-refractivity contribution in [3.63, 3.8) is 0 Å². The number of amides is 2. The van der Waals surface area contributed by atoms with E-state index in [2.05, 4.69) is 10.6 Å². The van der Waals surface area contributed by atoms with E-state index in [0.29, 0.717) is 5.56 Å². The summed E-state index contributed by atoms with van der Waals surface area (Å²) in [5.74, 6) is -2.34. The van der Waals surface area contributed by atoms with Gasteiger partial charge in [-0.1, -0.05) is 6.07 Å². The van der Waals surface area contributed by atoms with E-state index < -0.39 is 24.0 Å². The van der Waals surface area contributed by atoms with Crippen molar-refractivity contribution in [2.45, 2.75) is 12.5 Å². The molecule has 0 radical (unpaired) electrons. The maximum Gasteiger partial charge on any atom is 0.337 e. The quantitative estimate of drug-likeness (QED) is 0.586. The standard InChI is InChI=1S/C13H16N2O5/c1-13(20,12(18)19)7-15-11(17)9-5-3-4-8(6-9)10(16)14-2/h3-6,20H,7H2,1-2H3,(H,14,16)(H,15,17)(H,18,19). The minimum Gasteiger partial charge on any atom is -0.479 e. The van der Waals surface area contributed by atoms with Gasteiger partial charge in [0.05, 0.1) is 6.54 Å². The highest BCUT2D eigenvalue weighted by Gasteiger charge is 2.30. The molecule has 0 spiro atoms. The Hall–Kier alpha value is -2.41. The summed E-state index contributed by atoms with van der Waals surface area (Å²) < 4.78 is 0. The van der Waals surface area contributed by atoms with Crippen molar-refractivity contribution >= 4 is 17.8 Å². The Labute approximate surface area is 115 Å². The minimum atomic E-state index is -2.05. The molecule has 20 heavy (non-hydrogen) atoms. The lowest BCUT2D eigenvalue weighted by atomic mass is 10.1. The second kappa shape index (κ2) is 6.16. The molecule has 0 saturated heterocycles. The van der Waals surface area contributed by atoms with Crippen LogP contribution in [0.4, 0.5) is 0 Å². The fourth-order valence-corrected chi connectivity index (χ4v) is 1.38. The summed E-state index contributed by atoms with van der Waals surface area (Å²) in [6, 6.07) is 5.94. The van der Waals surface area contributed by atoms with Crippen LogP contribution in [0.3, 0.4) is 0 Å². The Kier molecular flexibility index (Phi) is 4.82. The van der Waals surface area contributed by atoms with Gasteiger partial charge in [0.1, 0.15) is 0 Å². The second-order valence-electron chi connectivity index (χ2n) is 4.42. The molecule has 108 valence electrons. The van der Waals surface area contributed by atoms with Crippen LogP contribution in [0.5, 0.6) is 0 Å². The lowest BCUT2D eigenvalue weighted by Crippen LogP contribution is -2.46. The molecule has 1 rings (SSSR count). The first kappa shape index (κ1) is 15.6. The van der Waals surface area contributed by atoms with Crippen molar-refractivity contribution < 1.29 is 24.6 Å². The van der Waals surface area contributed by atoms with Crippen molar-refractivity contribution in [3.8, 4) is 0 Å². The number of benzene rings is 1. The number of carboxylic acid groups (broad SMARTS) is 1. The smallest absolute Gasteiger partial charge is 0.337 e. The Balaban J connectivity index is 2.78. The normalized spacial score (nSPS) is 13.2. The molecule has 0 aliphatic heterocycles. The third-order valence-corrected chi connectivity index (χ3v) is 2.67. The molecule has 7 nitrogen and oxygen atoms in total. The van der Waals surface area contributed by atoms with E-state index in [1.807, 2.05) is 0 Å². The molecule has 7 heteroatoms. The lowest BCUT2D eigenvalue weighted by Gasteiger charge is -2.18. The molecule has 0 aromatic heterocycles. The molecular formula is C13H16N2O5. The third kappa shape index (κ3) is 3.79. The molecule has 1 aromatic rings. The summed E-state index contributed by atoms with van der Waals surface area (Å²) in [6.07, 6.45) is 0. The second-order valence-corrected chi connectivity index (χ2v) is 4.42. The van der Waals surface area contributed by atoms with Crippen LogP contribution in [0.1, 0.15) is 27.6 Å². The zero-order valence-electron chi connectivity index (χ0n) is 11.1. The molecule has 1 aromatic carbocycles. The predicted octanol–water partition coefficient (Wildman–Crippen LogP) is -0.388. The molecular weight excluding hydrogens is 264 g/mol. The zero-order chi connectivity index (χ0) is 15.3. The van der Waals surface area contributed by atoms with Crippen molar-refractivity contribution in [1.82, 2.24) is 10.6 Å². The molecule has 4 N–H and O–H groups in total. The average molecular weight is 280 g/mol. The number of aliphatic carboxylic acids is 1. The van der Waals surface area contributed by atoms with Gasteiger partial charge in [-0.3, -0.25) is 9.59 Å². The maximum atomic E-state index is 11.8. The summed E-state index contributed by atoms with van der Waals surface area (Å²) in [4.78, 5) is 34.0. The number of hydrogen-bond donors (Lipinski definition) is 4. The average Bonchev–Trinajstić information content (AvgIpc) is 2.43. The van der Waals surface area contributed by atoms with Gasteiger partial charge in [0.2, 0.25) is 0 Å². The highest BCUT2D eigenvalue weighted by molar-refractivity contribution is 5.99. The summed E-state index contributed by atoms with van der Waals surface area (Å²) >= 11 is 0. The van der Waals surface area contributed by atoms with Crippen LogP contribution < -0.4 is 10.6 Å². The highest BCUT2D eigenvalue weighted by Crippen LogP contribution is 2.07. The largest absolute Gasteiger partial charge is 0.479 e. The summed E-state index contributed by atoms with van der Waals surface area (Å²) in [6.45, 7) is 0.641. The molecule has 1 unspecified atom stereocenters. The first-order valence-corrected chi connectivity index (χ1v) is 5.84. The van der Waals surface area contributed by atoms with E-state index in [9.17, 15) is 19.5 Å². The van der Waals surface area contributed by atoms with Crippen LogP contribution in [0.2, 0.25) is 0 Å². The number of hydrogen-bond acceptors (Lipinski definition) is 4. The van der Waals surface area contributed by atoms with Gasteiger partial charge in [-0.15, -0.1) is 0 Å². The Morgan fingerprint density at radius 2 is 1.75 bits per heavy atom. The van der Waals surface area contributed by atoms with E-state index in [0.717, 1.165) is 6.92 Å². The number of carbonyl (C=O) groups excluding carboxylic acids is 2. The number of carbonyl (C=O) groups is 3. The Morgan fingerprint density at radius 3 is 2.25 bits per heavy atom. The molecule has 0 fully saturated rings. The van der Waals surface area contributed by atoms with Gasteiger partial charge in [-0.05, 0) is 25.1 Å². The summed E-state index contributed by atoms with van der Waals surface area (Å²) in [5.41, 5.74) is -1.54. The number of aliphatic hydroxyl groups is 1. The number of nitrogens with one attached hydrogen (secondary N) is 2. The SMILES string of the molecule is CNC(=O)c1cccc(C(=O)NCC(C)(O)C(=O)O)c1. The van der Waals surface area contributed by atoms with E-state index in [4.69, 9.17) is 5.11 Å². The van der Waals surface area contributed by atoms with Crippen LogP contribution in [0.25, 0.3) is 0 Å². The number of carboxylic acids is 1. The van der Waals surface area contributed by atoms with Crippen molar-refractivity contribution in [1.29, 1.82) is 0 Å². The molecule has 0 bridgehead atoms. The van der Waals surface area contributed by atoms with E-state index in [1.54, 1.807) is 6.07 Å². The van der Waals surface area contributed by atoms with Gasteiger partial charge in [-0.2, -0.15) is 0 Å². The van der Waals surface area contributed by atoms with Crippen LogP contribution >= 0.6 is 0 Å². The van der Waals surface area contributed by atoms with E-state index in [-0.39, 0.29) is 11.5 Å². The fourth-order valence-electron chi connectivity index (χ4n) is 1.38. The van der Waals surface area contributed by atoms with Crippen LogP contribution in [-0.2, 0) is 4.79 Å². The van der Waals surface area contributed by atoms with Gasteiger partial charge in [0.25, 0.3) is 11.8 Å². The first-order valence-electron chi connectivity index (χ1n) is 5.84. The van der Waals surface area contributed by atoms with Gasteiger partial charge < -0.3 is 20.8 Å². The summed E-state index contributed by atoms with van der Waals surface area (Å²) in [7, 11) is 1.47. The Morgan fingerprint density at radius 1 is 1.20 bits per heavy atom. The van der Waals surface area contributed by atoms with Crippen molar-refractivity contribution in [2.24, 2.45) is 0 Å². The van der Waals surface area contributed by atoms with Gasteiger partial charge >= 0.3 is 5.97 Å². The van der Waals surface area contributed by atoms with Crippen molar-refractivity contribution in [2.75, 3.05) is 13.6 Å². The topological polar surface area (TPSA) is 116 Å². The van der Waals surface area contributed by atoms with Crippen LogP contribution in [0.15, 0.2) is 24.3 Å². The fraction of sp³-hybridized carbons (Fsp3) is 0.308. The van der Waals surface area contributed by atoms with Crippen LogP contribution in [0, 0.1) is 0 Å². The van der Waals surface area contributed by atoms with E-state index in [1.165, 1.54) is 25.2 Å². The van der Waals surface area contributed by atoms with Gasteiger partial charge in [0.15, 0.2) is 5.60 Å². The highest BCUT2D eigenvalue weighted by atomic mass is 16.4. The predicted molar refractivity (Wildman–Crippen MR) is 70.4 cm³/mol. The zero-order valence-corrected chi connectivity index (χ0v) is 11.1. The first-order chi connectivity index (χ1) is 9.27. The van der Waals surface area contributed by atoms with Gasteiger partial charge in [-0.25, -0.2) is 4.79 Å². The minimum absolute atomic E-state index is 0.201. The molecule has 1 atom stereocenters. The van der Waals surface area contributed by atoms with Crippen LogP contribution in [-0.4, -0.2) is 47.2 Å². The van der Waals surface area contributed by atoms with E-state index >= 15 is 0 Å². The monoisotopic (exact) mass is 280 g/mol. The lowest BCUT2D eigenvalue weighted by molar-refractivity contribution is -0.155. The molecule has 0 aliphatic rings.